The van der Waals surface area contributed by atoms with Crippen molar-refractivity contribution in [3.05, 3.63) is 29.3 Å². The highest BCUT2D eigenvalue weighted by Crippen LogP contribution is 2.26. The van der Waals surface area contributed by atoms with Gasteiger partial charge in [0.05, 0.1) is 0 Å². The standard InChI is InChI=1S/C17H25N3O/c1-12(20(2)15-6-7-15)11-19-17(21)14-5-8-16-13(10-14)4-3-9-18-16/h5,8,10,12,15,18H,3-4,6-7,9,11H2,1-2H3,(H,19,21). The molecule has 1 aromatic carbocycles. The molecule has 1 amide bonds. The first-order valence-electron chi connectivity index (χ1n) is 8.02. The lowest BCUT2D eigenvalue weighted by molar-refractivity contribution is 0.0939. The van der Waals surface area contributed by atoms with Crippen LogP contribution in [0.3, 0.4) is 0 Å². The lowest BCUT2D eigenvalue weighted by Gasteiger charge is -2.24. The van der Waals surface area contributed by atoms with Gasteiger partial charge in [0.1, 0.15) is 0 Å². The van der Waals surface area contributed by atoms with Crippen molar-refractivity contribution in [2.24, 2.45) is 0 Å². The van der Waals surface area contributed by atoms with Crippen molar-refractivity contribution in [2.75, 3.05) is 25.5 Å². The Labute approximate surface area is 126 Å². The van der Waals surface area contributed by atoms with Gasteiger partial charge in [-0.15, -0.1) is 0 Å². The number of hydrogen-bond donors (Lipinski definition) is 2. The average molecular weight is 287 g/mol. The van der Waals surface area contributed by atoms with E-state index in [9.17, 15) is 4.79 Å². The summed E-state index contributed by atoms with van der Waals surface area (Å²) in [4.78, 5) is 14.7. The fourth-order valence-electron chi connectivity index (χ4n) is 2.94. The summed E-state index contributed by atoms with van der Waals surface area (Å²) in [5.74, 6) is 0.0411. The van der Waals surface area contributed by atoms with E-state index in [2.05, 4.69) is 29.5 Å². The molecule has 2 aliphatic rings. The molecule has 1 aliphatic carbocycles. The fourth-order valence-corrected chi connectivity index (χ4v) is 2.94. The maximum Gasteiger partial charge on any atom is 0.251 e. The minimum Gasteiger partial charge on any atom is -0.385 e. The molecule has 1 fully saturated rings. The minimum atomic E-state index is 0.0411. The molecule has 1 unspecified atom stereocenters. The Morgan fingerprint density at radius 3 is 3.05 bits per heavy atom. The van der Waals surface area contributed by atoms with Gasteiger partial charge in [-0.3, -0.25) is 9.69 Å². The Morgan fingerprint density at radius 2 is 2.29 bits per heavy atom. The predicted molar refractivity (Wildman–Crippen MR) is 85.8 cm³/mol. The van der Waals surface area contributed by atoms with Crippen molar-refractivity contribution in [1.82, 2.24) is 10.2 Å². The summed E-state index contributed by atoms with van der Waals surface area (Å²) >= 11 is 0. The lowest BCUT2D eigenvalue weighted by atomic mass is 10.0. The Kier molecular flexibility index (Phi) is 4.15. The Morgan fingerprint density at radius 1 is 1.48 bits per heavy atom. The maximum atomic E-state index is 12.3. The number of hydrogen-bond acceptors (Lipinski definition) is 3. The van der Waals surface area contributed by atoms with Gasteiger partial charge in [-0.2, -0.15) is 0 Å². The average Bonchev–Trinajstić information content (AvgIpc) is 3.35. The number of nitrogens with one attached hydrogen (secondary N) is 2. The Balaban J connectivity index is 1.57. The molecular weight excluding hydrogens is 262 g/mol. The lowest BCUT2D eigenvalue weighted by Crippen LogP contribution is -2.41. The van der Waals surface area contributed by atoms with Gasteiger partial charge in [0.25, 0.3) is 5.91 Å². The molecule has 1 aliphatic heterocycles. The van der Waals surface area contributed by atoms with Crippen LogP contribution in [0.1, 0.15) is 42.1 Å². The second-order valence-electron chi connectivity index (χ2n) is 6.36. The third-order valence-electron chi connectivity index (χ3n) is 4.68. The summed E-state index contributed by atoms with van der Waals surface area (Å²) in [6, 6.07) is 7.10. The zero-order chi connectivity index (χ0) is 14.8. The Hall–Kier alpha value is -1.55. The number of carbonyl (C=O) groups is 1. The zero-order valence-electron chi connectivity index (χ0n) is 13.0. The van der Waals surface area contributed by atoms with Gasteiger partial charge < -0.3 is 10.6 Å². The zero-order valence-corrected chi connectivity index (χ0v) is 13.0. The first kappa shape index (κ1) is 14.4. The van der Waals surface area contributed by atoms with Gasteiger partial charge in [0, 0.05) is 36.4 Å². The van der Waals surface area contributed by atoms with Crippen molar-refractivity contribution in [3.63, 3.8) is 0 Å². The summed E-state index contributed by atoms with van der Waals surface area (Å²) in [6.07, 6.45) is 4.80. The first-order valence-corrected chi connectivity index (χ1v) is 8.02. The molecule has 1 heterocycles. The van der Waals surface area contributed by atoms with Crippen LogP contribution in [-0.2, 0) is 6.42 Å². The van der Waals surface area contributed by atoms with Crippen LogP contribution in [0.4, 0.5) is 5.69 Å². The van der Waals surface area contributed by atoms with E-state index < -0.39 is 0 Å². The molecule has 1 atom stereocenters. The van der Waals surface area contributed by atoms with Crippen molar-refractivity contribution >= 4 is 11.6 Å². The topological polar surface area (TPSA) is 44.4 Å². The van der Waals surface area contributed by atoms with Crippen LogP contribution >= 0.6 is 0 Å². The fraction of sp³-hybridized carbons (Fsp3) is 0.588. The van der Waals surface area contributed by atoms with E-state index in [1.54, 1.807) is 0 Å². The number of carbonyl (C=O) groups excluding carboxylic acids is 1. The first-order chi connectivity index (χ1) is 10.1. The van der Waals surface area contributed by atoms with Crippen molar-refractivity contribution < 1.29 is 4.79 Å². The van der Waals surface area contributed by atoms with Gasteiger partial charge in [-0.05, 0) is 63.4 Å². The quantitative estimate of drug-likeness (QED) is 0.873. The van der Waals surface area contributed by atoms with Crippen LogP contribution in [-0.4, -0.2) is 43.0 Å². The molecular formula is C17H25N3O. The number of anilines is 1. The van der Waals surface area contributed by atoms with Gasteiger partial charge in [0.2, 0.25) is 0 Å². The van der Waals surface area contributed by atoms with Crippen LogP contribution < -0.4 is 10.6 Å². The molecule has 2 N–H and O–H groups in total. The van der Waals surface area contributed by atoms with E-state index in [4.69, 9.17) is 0 Å². The number of nitrogens with zero attached hydrogens (tertiary/aromatic N) is 1. The summed E-state index contributed by atoms with van der Waals surface area (Å²) < 4.78 is 0. The normalized spacial score (nSPS) is 18.8. The molecule has 0 radical (unpaired) electrons. The monoisotopic (exact) mass is 287 g/mol. The van der Waals surface area contributed by atoms with E-state index in [1.165, 1.54) is 24.1 Å². The van der Waals surface area contributed by atoms with Crippen LogP contribution in [0.5, 0.6) is 0 Å². The summed E-state index contributed by atoms with van der Waals surface area (Å²) in [5.41, 5.74) is 3.22. The molecule has 1 saturated carbocycles. The predicted octanol–water partition coefficient (Wildman–Crippen LogP) is 2.26. The molecule has 4 heteroatoms. The van der Waals surface area contributed by atoms with Gasteiger partial charge in [-0.25, -0.2) is 0 Å². The third-order valence-corrected chi connectivity index (χ3v) is 4.68. The molecule has 1 aromatic rings. The van der Waals surface area contributed by atoms with Crippen LogP contribution in [0.2, 0.25) is 0 Å². The van der Waals surface area contributed by atoms with Crippen LogP contribution in [0.25, 0.3) is 0 Å². The van der Waals surface area contributed by atoms with Gasteiger partial charge in [0.15, 0.2) is 0 Å². The van der Waals surface area contributed by atoms with Gasteiger partial charge >= 0.3 is 0 Å². The molecule has 0 spiro atoms. The second-order valence-corrected chi connectivity index (χ2v) is 6.36. The summed E-state index contributed by atoms with van der Waals surface area (Å²) in [7, 11) is 2.15. The largest absolute Gasteiger partial charge is 0.385 e. The van der Waals surface area contributed by atoms with E-state index in [0.29, 0.717) is 12.6 Å². The number of benzene rings is 1. The molecule has 21 heavy (non-hydrogen) atoms. The second kappa shape index (κ2) is 6.06. The highest BCUT2D eigenvalue weighted by Gasteiger charge is 2.29. The van der Waals surface area contributed by atoms with E-state index >= 15 is 0 Å². The number of rotatable bonds is 5. The molecule has 114 valence electrons. The van der Waals surface area contributed by atoms with Crippen molar-refractivity contribution in [1.29, 1.82) is 0 Å². The molecule has 0 saturated heterocycles. The van der Waals surface area contributed by atoms with Crippen LogP contribution in [0.15, 0.2) is 18.2 Å². The van der Waals surface area contributed by atoms with Crippen molar-refractivity contribution in [3.8, 4) is 0 Å². The Bertz CT molecular complexity index is 525. The number of amides is 1. The summed E-state index contributed by atoms with van der Waals surface area (Å²) in [5, 5.41) is 6.44. The summed E-state index contributed by atoms with van der Waals surface area (Å²) in [6.45, 7) is 3.92. The minimum absolute atomic E-state index is 0.0411. The van der Waals surface area contributed by atoms with E-state index in [0.717, 1.165) is 31.0 Å². The van der Waals surface area contributed by atoms with Crippen LogP contribution in [0, 0.1) is 0 Å². The molecule has 4 nitrogen and oxygen atoms in total. The molecule has 0 bridgehead atoms. The third kappa shape index (κ3) is 3.38. The number of aryl methyl sites for hydroxylation is 1. The van der Waals surface area contributed by atoms with Gasteiger partial charge in [-0.1, -0.05) is 0 Å². The SMILES string of the molecule is CC(CNC(=O)c1ccc2c(c1)CCCN2)N(C)C1CC1. The number of likely N-dealkylation sites (N-methyl/N-ethyl adjacent to an activating group) is 1. The molecule has 0 aromatic heterocycles. The number of fused-ring (bicyclic) bond motifs is 1. The highest BCUT2D eigenvalue weighted by atomic mass is 16.1. The smallest absolute Gasteiger partial charge is 0.251 e. The maximum absolute atomic E-state index is 12.3. The van der Waals surface area contributed by atoms with E-state index in [1.807, 2.05) is 18.2 Å². The van der Waals surface area contributed by atoms with Crippen molar-refractivity contribution in [2.45, 2.75) is 44.7 Å². The van der Waals surface area contributed by atoms with E-state index in [-0.39, 0.29) is 5.91 Å². The highest BCUT2D eigenvalue weighted by molar-refractivity contribution is 5.95. The molecule has 3 rings (SSSR count).